The first-order valence-corrected chi connectivity index (χ1v) is 6.74. The number of rotatable bonds is 9. The smallest absolute Gasteiger partial charge is 0.326 e. The Morgan fingerprint density at radius 1 is 1.29 bits per heavy atom. The number of aliphatic carboxylic acids is 1. The number of nitrogens with zero attached hydrogens (tertiary/aromatic N) is 1. The van der Waals surface area contributed by atoms with Crippen LogP contribution in [0.5, 0.6) is 0 Å². The van der Waals surface area contributed by atoms with Crippen LogP contribution in [0.2, 0.25) is 0 Å². The van der Waals surface area contributed by atoms with Crippen LogP contribution < -0.4 is 16.4 Å². The molecule has 0 bridgehead atoms. The summed E-state index contributed by atoms with van der Waals surface area (Å²) in [6, 6.07) is -1.70. The Morgan fingerprint density at radius 3 is 2.29 bits per heavy atom. The third-order valence-electron chi connectivity index (χ3n) is 2.75. The Labute approximate surface area is 125 Å². The molecule has 0 saturated heterocycles. The monoisotopic (exact) mass is 302 g/mol. The number of nitrogens with two attached hydrogens (primary N) is 1. The van der Waals surface area contributed by atoms with E-state index >= 15 is 0 Å². The average molecular weight is 302 g/mol. The number of amides is 3. The number of hydrogen-bond acceptors (Lipinski definition) is 4. The van der Waals surface area contributed by atoms with Gasteiger partial charge in [0.1, 0.15) is 6.04 Å². The van der Waals surface area contributed by atoms with Crippen LogP contribution in [0.25, 0.3) is 0 Å². The predicted octanol–water partition coefficient (Wildman–Crippen LogP) is -0.408. The first-order chi connectivity index (χ1) is 9.53. The van der Waals surface area contributed by atoms with Gasteiger partial charge in [0.15, 0.2) is 0 Å². The van der Waals surface area contributed by atoms with Gasteiger partial charge in [-0.05, 0) is 25.9 Å². The summed E-state index contributed by atoms with van der Waals surface area (Å²) in [4.78, 5) is 35.4. The van der Waals surface area contributed by atoms with Crippen molar-refractivity contribution in [3.63, 3.8) is 0 Å². The van der Waals surface area contributed by atoms with Crippen LogP contribution in [0.1, 0.15) is 26.7 Å². The van der Waals surface area contributed by atoms with Gasteiger partial charge in [-0.3, -0.25) is 4.79 Å². The molecule has 0 rings (SSSR count). The molecule has 0 aliphatic heterocycles. The third-order valence-corrected chi connectivity index (χ3v) is 2.75. The minimum absolute atomic E-state index is 0.0286. The Morgan fingerprint density at radius 2 is 1.86 bits per heavy atom. The first kappa shape index (κ1) is 19.2. The molecule has 0 saturated carbocycles. The second-order valence-corrected chi connectivity index (χ2v) is 6.12. The van der Waals surface area contributed by atoms with Crippen LogP contribution in [0, 0.1) is 5.41 Å². The van der Waals surface area contributed by atoms with Crippen molar-refractivity contribution in [2.24, 2.45) is 11.1 Å². The molecule has 0 radical (unpaired) electrons. The Kier molecular flexibility index (Phi) is 7.72. The summed E-state index contributed by atoms with van der Waals surface area (Å²) in [5.74, 6) is -1.80. The van der Waals surface area contributed by atoms with Crippen molar-refractivity contribution in [2.45, 2.75) is 32.7 Å². The van der Waals surface area contributed by atoms with Crippen LogP contribution in [0.15, 0.2) is 0 Å². The van der Waals surface area contributed by atoms with Crippen LogP contribution >= 0.6 is 0 Å². The van der Waals surface area contributed by atoms with E-state index in [1.54, 1.807) is 0 Å². The van der Waals surface area contributed by atoms with Gasteiger partial charge in [0.05, 0.1) is 0 Å². The van der Waals surface area contributed by atoms with E-state index in [1.165, 1.54) is 0 Å². The summed E-state index contributed by atoms with van der Waals surface area (Å²) in [6.07, 6.45) is -0.122. The van der Waals surface area contributed by atoms with Gasteiger partial charge in [-0.25, -0.2) is 9.59 Å². The summed E-state index contributed by atoms with van der Waals surface area (Å²) < 4.78 is 0. The lowest BCUT2D eigenvalue weighted by Crippen LogP contribution is -2.49. The quantitative estimate of drug-likeness (QED) is 0.461. The molecular formula is C13H26N4O4. The van der Waals surface area contributed by atoms with E-state index in [4.69, 9.17) is 10.8 Å². The number of nitrogens with one attached hydrogen (secondary N) is 2. The number of primary amides is 1. The number of urea groups is 1. The summed E-state index contributed by atoms with van der Waals surface area (Å²) in [5.41, 5.74) is 4.82. The summed E-state index contributed by atoms with van der Waals surface area (Å²) in [5, 5.41) is 14.0. The highest BCUT2D eigenvalue weighted by Gasteiger charge is 2.23. The van der Waals surface area contributed by atoms with Crippen LogP contribution in [-0.2, 0) is 9.59 Å². The van der Waals surface area contributed by atoms with Gasteiger partial charge in [0.25, 0.3) is 0 Å². The molecule has 21 heavy (non-hydrogen) atoms. The predicted molar refractivity (Wildman–Crippen MR) is 78.7 cm³/mol. The molecule has 5 N–H and O–H groups in total. The van der Waals surface area contributed by atoms with Gasteiger partial charge in [0, 0.05) is 19.5 Å². The lowest BCUT2D eigenvalue weighted by Gasteiger charge is -2.28. The highest BCUT2D eigenvalue weighted by Crippen LogP contribution is 2.13. The van der Waals surface area contributed by atoms with E-state index in [-0.39, 0.29) is 18.3 Å². The van der Waals surface area contributed by atoms with Crippen molar-refractivity contribution < 1.29 is 19.5 Å². The van der Waals surface area contributed by atoms with Crippen LogP contribution in [0.3, 0.4) is 0 Å². The SMILES string of the molecule is CN(C)CC(C)(C)CNC(=O)N[C@H](CCC(N)=O)C(=O)O. The lowest BCUT2D eigenvalue weighted by atomic mass is 9.93. The van der Waals surface area contributed by atoms with Gasteiger partial charge in [-0.2, -0.15) is 0 Å². The van der Waals surface area contributed by atoms with Crippen molar-refractivity contribution in [1.29, 1.82) is 0 Å². The summed E-state index contributed by atoms with van der Waals surface area (Å²) >= 11 is 0. The van der Waals surface area contributed by atoms with E-state index in [9.17, 15) is 14.4 Å². The van der Waals surface area contributed by atoms with Crippen molar-refractivity contribution in [3.8, 4) is 0 Å². The topological polar surface area (TPSA) is 125 Å². The number of hydrogen-bond donors (Lipinski definition) is 4. The molecule has 0 heterocycles. The highest BCUT2D eigenvalue weighted by atomic mass is 16.4. The second-order valence-electron chi connectivity index (χ2n) is 6.12. The molecule has 122 valence electrons. The Bertz CT molecular complexity index is 382. The van der Waals surface area contributed by atoms with E-state index in [2.05, 4.69) is 10.6 Å². The zero-order valence-electron chi connectivity index (χ0n) is 13.1. The zero-order chi connectivity index (χ0) is 16.6. The molecule has 1 atom stereocenters. The van der Waals surface area contributed by atoms with Crippen molar-refractivity contribution in [2.75, 3.05) is 27.2 Å². The summed E-state index contributed by atoms with van der Waals surface area (Å²) in [7, 11) is 3.87. The highest BCUT2D eigenvalue weighted by molar-refractivity contribution is 5.83. The van der Waals surface area contributed by atoms with Gasteiger partial charge in [-0.15, -0.1) is 0 Å². The minimum atomic E-state index is -1.20. The van der Waals surface area contributed by atoms with E-state index in [1.807, 2.05) is 32.8 Å². The molecule has 8 nitrogen and oxygen atoms in total. The molecule has 0 unspecified atom stereocenters. The van der Waals surface area contributed by atoms with E-state index < -0.39 is 23.9 Å². The largest absolute Gasteiger partial charge is 0.480 e. The van der Waals surface area contributed by atoms with Gasteiger partial charge < -0.3 is 26.4 Å². The maximum absolute atomic E-state index is 11.7. The molecule has 3 amide bonds. The number of carboxylic acid groups (broad SMARTS) is 1. The molecule has 0 spiro atoms. The summed E-state index contributed by atoms with van der Waals surface area (Å²) in [6.45, 7) is 5.17. The standard InChI is InChI=1S/C13H26N4O4/c1-13(2,8-17(3)4)7-15-12(21)16-9(11(19)20)5-6-10(14)18/h9H,5-8H2,1-4H3,(H2,14,18)(H,19,20)(H2,15,16,21)/t9-/m1/s1. The molecule has 0 aromatic rings. The fraction of sp³-hybridized carbons (Fsp3) is 0.769. The number of carboxylic acids is 1. The molecule has 0 aromatic heterocycles. The van der Waals surface area contributed by atoms with Gasteiger partial charge >= 0.3 is 12.0 Å². The molecule has 8 heteroatoms. The maximum atomic E-state index is 11.7. The van der Waals surface area contributed by atoms with E-state index in [0.717, 1.165) is 6.54 Å². The van der Waals surface area contributed by atoms with Gasteiger partial charge in [-0.1, -0.05) is 13.8 Å². The molecule has 0 aromatic carbocycles. The lowest BCUT2D eigenvalue weighted by molar-refractivity contribution is -0.139. The zero-order valence-corrected chi connectivity index (χ0v) is 13.1. The van der Waals surface area contributed by atoms with Crippen molar-refractivity contribution in [1.82, 2.24) is 15.5 Å². The van der Waals surface area contributed by atoms with Crippen LogP contribution in [0.4, 0.5) is 4.79 Å². The molecular weight excluding hydrogens is 276 g/mol. The number of carbonyl (C=O) groups excluding carboxylic acids is 2. The van der Waals surface area contributed by atoms with Crippen LogP contribution in [-0.4, -0.2) is 61.1 Å². The van der Waals surface area contributed by atoms with Crippen molar-refractivity contribution in [3.05, 3.63) is 0 Å². The Balaban J connectivity index is 4.32. The molecule has 0 aliphatic carbocycles. The fourth-order valence-corrected chi connectivity index (χ4v) is 1.98. The van der Waals surface area contributed by atoms with Crippen molar-refractivity contribution >= 4 is 17.9 Å². The molecule has 0 aliphatic rings. The first-order valence-electron chi connectivity index (χ1n) is 6.74. The third kappa shape index (κ3) is 9.67. The second kappa shape index (κ2) is 8.46. The molecule has 0 fully saturated rings. The fourth-order valence-electron chi connectivity index (χ4n) is 1.98. The van der Waals surface area contributed by atoms with E-state index in [0.29, 0.717) is 6.54 Å². The normalized spacial score (nSPS) is 12.8. The maximum Gasteiger partial charge on any atom is 0.326 e. The Hall–Kier alpha value is -1.83. The average Bonchev–Trinajstić information content (AvgIpc) is 2.29. The number of carbonyl (C=O) groups is 3. The minimum Gasteiger partial charge on any atom is -0.480 e. The van der Waals surface area contributed by atoms with Gasteiger partial charge in [0.2, 0.25) is 5.91 Å².